The van der Waals surface area contributed by atoms with Crippen molar-refractivity contribution in [2.24, 2.45) is 0 Å². The van der Waals surface area contributed by atoms with Crippen molar-refractivity contribution in [1.82, 2.24) is 4.90 Å². The van der Waals surface area contributed by atoms with Crippen LogP contribution in [0.2, 0.25) is 0 Å². The number of benzene rings is 7. The molecule has 0 amide bonds. The quantitative estimate of drug-likeness (QED) is 0.0855. The van der Waals surface area contributed by atoms with Gasteiger partial charge in [-0.15, -0.1) is 0 Å². The molecule has 262 valence electrons. The first kappa shape index (κ1) is 34.8. The molecule has 8 rings (SSSR count). The summed E-state index contributed by atoms with van der Waals surface area (Å²) in [6.07, 6.45) is 0. The Balaban J connectivity index is 1.30. The fraction of sp³-hybridized carbons (Fsp3) is 0.184. The van der Waals surface area contributed by atoms with E-state index in [-0.39, 0.29) is 0 Å². The summed E-state index contributed by atoms with van der Waals surface area (Å²) in [6, 6.07) is 59.0. The van der Waals surface area contributed by atoms with E-state index in [0.717, 1.165) is 17.6 Å². The molecule has 0 N–H and O–H groups in total. The molecule has 7 aromatic carbocycles. The lowest BCUT2D eigenvalue weighted by Gasteiger charge is -2.32. The number of hydrogen-bond donors (Lipinski definition) is 0. The Morgan fingerprint density at radius 1 is 0.491 bits per heavy atom. The minimum Gasteiger partial charge on any atom is -0.399 e. The molecule has 0 radical (unpaired) electrons. The van der Waals surface area contributed by atoms with Crippen LogP contribution in [0, 0.1) is 0 Å². The Morgan fingerprint density at radius 3 is 1.42 bits per heavy atom. The van der Waals surface area contributed by atoms with E-state index in [0.29, 0.717) is 6.54 Å². The van der Waals surface area contributed by atoms with E-state index in [2.05, 4.69) is 203 Å². The van der Waals surface area contributed by atoms with Crippen molar-refractivity contribution >= 4 is 45.3 Å². The molecular weight excluding hydrogens is 645 g/mol. The van der Waals surface area contributed by atoms with Crippen LogP contribution in [0.1, 0.15) is 61.1 Å². The molecule has 0 spiro atoms. The SMILES string of the molecule is CN(Cc1cc(C(=C(c2ccccc2)c2ccccc2)c2ccccc2)ccc1B1OC(C)(C)C(C)(C)O1)Cc1c2ccccc2cc2ccccc12. The summed E-state index contributed by atoms with van der Waals surface area (Å²) in [5.74, 6) is 0. The average Bonchev–Trinajstić information content (AvgIpc) is 3.40. The van der Waals surface area contributed by atoms with Crippen LogP contribution in [-0.2, 0) is 22.4 Å². The summed E-state index contributed by atoms with van der Waals surface area (Å²) in [5.41, 5.74) is 9.73. The first-order chi connectivity index (χ1) is 25.7. The Bertz CT molecular complexity index is 2310. The number of fused-ring (bicyclic) bond motifs is 2. The first-order valence-electron chi connectivity index (χ1n) is 18.7. The van der Waals surface area contributed by atoms with Crippen molar-refractivity contribution < 1.29 is 9.31 Å². The van der Waals surface area contributed by atoms with Crippen LogP contribution >= 0.6 is 0 Å². The van der Waals surface area contributed by atoms with Crippen LogP contribution in [0.5, 0.6) is 0 Å². The summed E-state index contributed by atoms with van der Waals surface area (Å²) < 4.78 is 13.4. The van der Waals surface area contributed by atoms with E-state index in [1.165, 1.54) is 60.5 Å². The molecule has 0 unspecified atom stereocenters. The standard InChI is InChI=1S/C49H46BNO2/c1-48(2)49(3,4)53-50(52-48)45-30-29-40(47(37-23-13-8-14-24-37)46(35-19-9-6-10-20-35)36-21-11-7-12-22-36)32-41(45)33-51(5)34-44-42-27-17-15-25-38(42)31-39-26-16-18-28-43(39)44/h6-32H,33-34H2,1-5H3. The molecule has 4 heteroatoms. The van der Waals surface area contributed by atoms with Crippen LogP contribution in [0.15, 0.2) is 164 Å². The van der Waals surface area contributed by atoms with Gasteiger partial charge in [0.15, 0.2) is 0 Å². The van der Waals surface area contributed by atoms with Gasteiger partial charge >= 0.3 is 7.12 Å². The summed E-state index contributed by atoms with van der Waals surface area (Å²) in [6.45, 7) is 10.00. The highest BCUT2D eigenvalue weighted by Gasteiger charge is 2.52. The van der Waals surface area contributed by atoms with Crippen LogP contribution in [0.4, 0.5) is 0 Å². The maximum absolute atomic E-state index is 6.72. The molecule has 0 bridgehead atoms. The van der Waals surface area contributed by atoms with E-state index in [1.54, 1.807) is 0 Å². The summed E-state index contributed by atoms with van der Waals surface area (Å²) in [7, 11) is 1.74. The normalized spacial score (nSPS) is 14.9. The van der Waals surface area contributed by atoms with Gasteiger partial charge in [0.1, 0.15) is 0 Å². The highest BCUT2D eigenvalue weighted by atomic mass is 16.7. The van der Waals surface area contributed by atoms with Gasteiger partial charge in [-0.05, 0) is 112 Å². The minimum absolute atomic E-state index is 0.454. The molecule has 1 heterocycles. The second-order valence-electron chi connectivity index (χ2n) is 15.3. The highest BCUT2D eigenvalue weighted by Crippen LogP contribution is 2.39. The van der Waals surface area contributed by atoms with Crippen LogP contribution in [-0.4, -0.2) is 30.3 Å². The van der Waals surface area contributed by atoms with Crippen molar-refractivity contribution in [1.29, 1.82) is 0 Å². The van der Waals surface area contributed by atoms with Gasteiger partial charge in [-0.3, -0.25) is 4.90 Å². The topological polar surface area (TPSA) is 21.7 Å². The molecule has 0 atom stereocenters. The zero-order valence-corrected chi connectivity index (χ0v) is 31.3. The molecule has 1 saturated heterocycles. The zero-order valence-electron chi connectivity index (χ0n) is 31.3. The van der Waals surface area contributed by atoms with Crippen molar-refractivity contribution in [2.75, 3.05) is 7.05 Å². The lowest BCUT2D eigenvalue weighted by atomic mass is 9.74. The molecule has 1 fully saturated rings. The molecular formula is C49H46BNO2. The molecule has 53 heavy (non-hydrogen) atoms. The van der Waals surface area contributed by atoms with Gasteiger partial charge in [0.25, 0.3) is 0 Å². The Morgan fingerprint density at radius 2 is 0.925 bits per heavy atom. The van der Waals surface area contributed by atoms with E-state index < -0.39 is 18.3 Å². The lowest BCUT2D eigenvalue weighted by Crippen LogP contribution is -2.41. The van der Waals surface area contributed by atoms with Crippen LogP contribution in [0.3, 0.4) is 0 Å². The smallest absolute Gasteiger partial charge is 0.399 e. The van der Waals surface area contributed by atoms with Gasteiger partial charge < -0.3 is 9.31 Å². The number of rotatable bonds is 9. The van der Waals surface area contributed by atoms with Gasteiger partial charge in [-0.1, -0.05) is 158 Å². The number of nitrogens with zero attached hydrogens (tertiary/aromatic N) is 1. The molecule has 3 nitrogen and oxygen atoms in total. The fourth-order valence-electron chi connectivity index (χ4n) is 7.72. The van der Waals surface area contributed by atoms with Gasteiger partial charge in [0, 0.05) is 13.1 Å². The Kier molecular flexibility index (Phi) is 9.38. The molecule has 0 aliphatic carbocycles. The van der Waals surface area contributed by atoms with Crippen molar-refractivity contribution in [3.05, 3.63) is 197 Å². The maximum atomic E-state index is 6.72. The summed E-state index contributed by atoms with van der Waals surface area (Å²) in [4.78, 5) is 2.43. The Hall–Kier alpha value is -5.26. The largest absolute Gasteiger partial charge is 0.495 e. The first-order valence-corrected chi connectivity index (χ1v) is 18.7. The van der Waals surface area contributed by atoms with E-state index >= 15 is 0 Å². The monoisotopic (exact) mass is 691 g/mol. The third-order valence-electron chi connectivity index (χ3n) is 11.1. The van der Waals surface area contributed by atoms with Gasteiger partial charge in [0.2, 0.25) is 0 Å². The predicted octanol–water partition coefficient (Wildman–Crippen LogP) is 10.9. The van der Waals surface area contributed by atoms with Crippen LogP contribution < -0.4 is 5.46 Å². The van der Waals surface area contributed by atoms with E-state index in [1.807, 2.05) is 0 Å². The van der Waals surface area contributed by atoms with E-state index in [4.69, 9.17) is 9.31 Å². The van der Waals surface area contributed by atoms with Crippen molar-refractivity contribution in [3.8, 4) is 0 Å². The fourth-order valence-corrected chi connectivity index (χ4v) is 7.72. The molecule has 1 aliphatic rings. The third-order valence-corrected chi connectivity index (χ3v) is 11.1. The minimum atomic E-state index is -0.484. The van der Waals surface area contributed by atoms with Crippen molar-refractivity contribution in [3.63, 3.8) is 0 Å². The van der Waals surface area contributed by atoms with E-state index in [9.17, 15) is 0 Å². The lowest BCUT2D eigenvalue weighted by molar-refractivity contribution is 0.00578. The molecule has 0 aromatic heterocycles. The molecule has 1 aliphatic heterocycles. The predicted molar refractivity (Wildman–Crippen MR) is 223 cm³/mol. The summed E-state index contributed by atoms with van der Waals surface area (Å²) >= 11 is 0. The van der Waals surface area contributed by atoms with Crippen LogP contribution in [0.25, 0.3) is 32.7 Å². The Labute approximate surface area is 314 Å². The number of hydrogen-bond acceptors (Lipinski definition) is 3. The van der Waals surface area contributed by atoms with Gasteiger partial charge in [-0.2, -0.15) is 0 Å². The highest BCUT2D eigenvalue weighted by molar-refractivity contribution is 6.62. The van der Waals surface area contributed by atoms with Gasteiger partial charge in [-0.25, -0.2) is 0 Å². The second kappa shape index (κ2) is 14.3. The zero-order chi connectivity index (χ0) is 36.6. The molecule has 0 saturated carbocycles. The summed E-state index contributed by atoms with van der Waals surface area (Å²) in [5, 5.41) is 5.12. The molecule has 7 aromatic rings. The average molecular weight is 692 g/mol. The third kappa shape index (κ3) is 6.87. The second-order valence-corrected chi connectivity index (χ2v) is 15.3. The van der Waals surface area contributed by atoms with Gasteiger partial charge in [0.05, 0.1) is 11.2 Å². The maximum Gasteiger partial charge on any atom is 0.495 e. The van der Waals surface area contributed by atoms with Crippen molar-refractivity contribution in [2.45, 2.75) is 52.0 Å².